The Labute approximate surface area is 59.8 Å². The van der Waals surface area contributed by atoms with Crippen LogP contribution in [0.15, 0.2) is 0 Å². The zero-order valence-corrected chi connectivity index (χ0v) is 6.11. The van der Waals surface area contributed by atoms with Crippen molar-refractivity contribution in [2.75, 3.05) is 7.05 Å². The summed E-state index contributed by atoms with van der Waals surface area (Å²) in [7, 11) is 1.88. The first-order valence-corrected chi connectivity index (χ1v) is 3.67. The van der Waals surface area contributed by atoms with Gasteiger partial charge in [0.1, 0.15) is 0 Å². The van der Waals surface area contributed by atoms with E-state index in [1.165, 1.54) is 0 Å². The molecule has 1 N–H and O–H groups in total. The highest BCUT2D eigenvalue weighted by Crippen LogP contribution is 2.31. The molecule has 0 heterocycles. The molecule has 0 aliphatic heterocycles. The first kappa shape index (κ1) is 7.92. The van der Waals surface area contributed by atoms with Crippen LogP contribution in [0.4, 0.5) is 8.78 Å². The summed E-state index contributed by atoms with van der Waals surface area (Å²) in [5.74, 6) is 0.275. The Hall–Kier alpha value is -0.180. The first-order valence-electron chi connectivity index (χ1n) is 3.67. The van der Waals surface area contributed by atoms with Gasteiger partial charge in [0.15, 0.2) is 0 Å². The van der Waals surface area contributed by atoms with Gasteiger partial charge in [-0.15, -0.1) is 0 Å². The van der Waals surface area contributed by atoms with E-state index in [4.69, 9.17) is 0 Å². The fraction of sp³-hybridized carbons (Fsp3) is 1.00. The van der Waals surface area contributed by atoms with E-state index >= 15 is 0 Å². The van der Waals surface area contributed by atoms with Crippen molar-refractivity contribution in [1.29, 1.82) is 0 Å². The second-order valence-electron chi connectivity index (χ2n) is 2.95. The minimum Gasteiger partial charge on any atom is -0.317 e. The molecule has 0 aromatic heterocycles. The Morgan fingerprint density at radius 1 is 1.50 bits per heavy atom. The molecule has 0 amide bonds. The summed E-state index contributed by atoms with van der Waals surface area (Å²) in [6, 6.07) is 0.503. The predicted molar refractivity (Wildman–Crippen MR) is 36.2 cm³/mol. The molecule has 1 rings (SSSR count). The Balaban J connectivity index is 2.03. The van der Waals surface area contributed by atoms with Gasteiger partial charge in [-0.1, -0.05) is 0 Å². The zero-order valence-electron chi connectivity index (χ0n) is 6.11. The molecule has 10 heavy (non-hydrogen) atoms. The molecule has 0 radical (unpaired) electrons. The molecule has 0 unspecified atom stereocenters. The third-order valence-electron chi connectivity index (χ3n) is 2.16. The first-order chi connectivity index (χ1) is 4.72. The fourth-order valence-electron chi connectivity index (χ4n) is 1.42. The highest BCUT2D eigenvalue weighted by Gasteiger charge is 2.29. The Bertz CT molecular complexity index is 99.8. The summed E-state index contributed by atoms with van der Waals surface area (Å²) in [5, 5.41) is 3.06. The summed E-state index contributed by atoms with van der Waals surface area (Å²) in [5.41, 5.74) is 0. The third-order valence-corrected chi connectivity index (χ3v) is 2.16. The number of hydrogen-bond acceptors (Lipinski definition) is 1. The molecule has 60 valence electrons. The zero-order chi connectivity index (χ0) is 7.56. The van der Waals surface area contributed by atoms with Crippen LogP contribution in [0.2, 0.25) is 0 Å². The highest BCUT2D eigenvalue weighted by atomic mass is 19.3. The number of alkyl halides is 2. The van der Waals surface area contributed by atoms with Gasteiger partial charge in [-0.05, 0) is 25.8 Å². The van der Waals surface area contributed by atoms with E-state index in [1.807, 2.05) is 7.05 Å². The van der Waals surface area contributed by atoms with Crippen LogP contribution in [0.1, 0.15) is 19.3 Å². The molecule has 0 atom stereocenters. The summed E-state index contributed by atoms with van der Waals surface area (Å²) in [6.07, 6.45) is -0.150. The van der Waals surface area contributed by atoms with Gasteiger partial charge in [0.05, 0.1) is 0 Å². The van der Waals surface area contributed by atoms with E-state index in [0.717, 1.165) is 12.8 Å². The monoisotopic (exact) mass is 149 g/mol. The third kappa shape index (κ3) is 1.90. The predicted octanol–water partition coefficient (Wildman–Crippen LogP) is 1.64. The molecule has 0 spiro atoms. The van der Waals surface area contributed by atoms with Crippen LogP contribution in [0.25, 0.3) is 0 Å². The Kier molecular flexibility index (Phi) is 2.60. The van der Waals surface area contributed by atoms with E-state index in [0.29, 0.717) is 6.04 Å². The van der Waals surface area contributed by atoms with Gasteiger partial charge in [-0.2, -0.15) is 0 Å². The molecule has 1 nitrogen and oxygen atoms in total. The number of hydrogen-bond donors (Lipinski definition) is 1. The van der Waals surface area contributed by atoms with E-state index in [9.17, 15) is 8.78 Å². The lowest BCUT2D eigenvalue weighted by Gasteiger charge is -2.34. The SMILES string of the molecule is CNC1CC(CC(F)F)C1. The average molecular weight is 149 g/mol. The van der Waals surface area contributed by atoms with E-state index in [1.54, 1.807) is 0 Å². The van der Waals surface area contributed by atoms with Crippen LogP contribution in [-0.2, 0) is 0 Å². The van der Waals surface area contributed by atoms with E-state index < -0.39 is 6.43 Å². The van der Waals surface area contributed by atoms with Gasteiger partial charge < -0.3 is 5.32 Å². The molecule has 0 bridgehead atoms. The quantitative estimate of drug-likeness (QED) is 0.643. The lowest BCUT2D eigenvalue weighted by Crippen LogP contribution is -2.39. The minimum atomic E-state index is -2.11. The maximum atomic E-state index is 11.7. The summed E-state index contributed by atoms with van der Waals surface area (Å²) >= 11 is 0. The highest BCUT2D eigenvalue weighted by molar-refractivity contribution is 4.83. The lowest BCUT2D eigenvalue weighted by atomic mass is 9.78. The molecule has 1 saturated carbocycles. The van der Waals surface area contributed by atoms with Crippen molar-refractivity contribution in [2.24, 2.45) is 5.92 Å². The largest absolute Gasteiger partial charge is 0.317 e. The van der Waals surface area contributed by atoms with E-state index in [-0.39, 0.29) is 12.3 Å². The van der Waals surface area contributed by atoms with E-state index in [2.05, 4.69) is 5.32 Å². The Morgan fingerprint density at radius 3 is 2.50 bits per heavy atom. The molecule has 0 aromatic rings. The van der Waals surface area contributed by atoms with Gasteiger partial charge in [0.25, 0.3) is 0 Å². The van der Waals surface area contributed by atoms with Crippen molar-refractivity contribution in [1.82, 2.24) is 5.32 Å². The molecule has 3 heteroatoms. The van der Waals surface area contributed by atoms with Crippen LogP contribution in [-0.4, -0.2) is 19.5 Å². The van der Waals surface area contributed by atoms with Crippen LogP contribution in [0.5, 0.6) is 0 Å². The van der Waals surface area contributed by atoms with Crippen LogP contribution < -0.4 is 5.32 Å². The number of halogens is 2. The molecular weight excluding hydrogens is 136 g/mol. The van der Waals surface area contributed by atoms with Crippen molar-refractivity contribution in [3.8, 4) is 0 Å². The van der Waals surface area contributed by atoms with Crippen molar-refractivity contribution in [3.05, 3.63) is 0 Å². The van der Waals surface area contributed by atoms with Gasteiger partial charge in [0, 0.05) is 12.5 Å². The average Bonchev–Trinajstić information content (AvgIpc) is 1.76. The van der Waals surface area contributed by atoms with Crippen LogP contribution in [0.3, 0.4) is 0 Å². The topological polar surface area (TPSA) is 12.0 Å². The minimum absolute atomic E-state index is 0.0954. The van der Waals surface area contributed by atoms with Gasteiger partial charge in [-0.3, -0.25) is 0 Å². The lowest BCUT2D eigenvalue weighted by molar-refractivity contribution is 0.0799. The second-order valence-corrected chi connectivity index (χ2v) is 2.95. The van der Waals surface area contributed by atoms with Crippen molar-refractivity contribution < 1.29 is 8.78 Å². The Morgan fingerprint density at radius 2 is 2.10 bits per heavy atom. The van der Waals surface area contributed by atoms with Crippen molar-refractivity contribution in [2.45, 2.75) is 31.7 Å². The van der Waals surface area contributed by atoms with Crippen molar-refractivity contribution in [3.63, 3.8) is 0 Å². The number of rotatable bonds is 3. The van der Waals surface area contributed by atoms with Crippen LogP contribution in [0, 0.1) is 5.92 Å². The summed E-state index contributed by atoms with van der Waals surface area (Å²) in [6.45, 7) is 0. The standard InChI is InChI=1S/C7H13F2N/c1-10-6-2-5(3-6)4-7(8)9/h5-7,10H,2-4H2,1H3. The van der Waals surface area contributed by atoms with Gasteiger partial charge >= 0.3 is 0 Å². The normalized spacial score (nSPS) is 32.4. The molecule has 0 saturated heterocycles. The molecule has 1 aliphatic carbocycles. The summed E-state index contributed by atoms with van der Waals surface area (Å²) < 4.78 is 23.4. The van der Waals surface area contributed by atoms with Gasteiger partial charge in [0.2, 0.25) is 6.43 Å². The summed E-state index contributed by atoms with van der Waals surface area (Å²) in [4.78, 5) is 0. The smallest absolute Gasteiger partial charge is 0.238 e. The molecule has 0 aromatic carbocycles. The molecule has 1 aliphatic rings. The molecule has 1 fully saturated rings. The number of nitrogens with one attached hydrogen (secondary N) is 1. The van der Waals surface area contributed by atoms with Crippen molar-refractivity contribution >= 4 is 0 Å². The molecular formula is C7H13F2N. The second kappa shape index (κ2) is 3.28. The fourth-order valence-corrected chi connectivity index (χ4v) is 1.42. The maximum absolute atomic E-state index is 11.7. The maximum Gasteiger partial charge on any atom is 0.238 e. The van der Waals surface area contributed by atoms with Crippen LogP contribution >= 0.6 is 0 Å². The van der Waals surface area contributed by atoms with Gasteiger partial charge in [-0.25, -0.2) is 8.78 Å².